The van der Waals surface area contributed by atoms with Crippen molar-refractivity contribution < 1.29 is 19.0 Å². The maximum atomic E-state index is 12.6. The third-order valence-corrected chi connectivity index (χ3v) is 4.38. The first-order valence-electron chi connectivity index (χ1n) is 7.45. The van der Waals surface area contributed by atoms with E-state index in [0.717, 1.165) is 18.8 Å². The fraction of sp³-hybridized carbons (Fsp3) is 0.353. The van der Waals surface area contributed by atoms with E-state index in [1.54, 1.807) is 7.11 Å². The summed E-state index contributed by atoms with van der Waals surface area (Å²) in [4.78, 5) is 14.9. The van der Waals surface area contributed by atoms with Crippen LogP contribution in [0, 0.1) is 0 Å². The number of carbonyl (C=O) groups excluding carboxylic acids is 1. The summed E-state index contributed by atoms with van der Waals surface area (Å²) in [5, 5.41) is 3.74. The van der Waals surface area contributed by atoms with Gasteiger partial charge in [-0.1, -0.05) is 0 Å². The minimum atomic E-state index is -0.0362. The van der Waals surface area contributed by atoms with Crippen LogP contribution in [0.5, 0.6) is 5.75 Å². The van der Waals surface area contributed by atoms with Crippen molar-refractivity contribution in [1.82, 2.24) is 0 Å². The van der Waals surface area contributed by atoms with E-state index in [-0.39, 0.29) is 12.6 Å². The van der Waals surface area contributed by atoms with E-state index >= 15 is 0 Å². The highest BCUT2D eigenvalue weighted by molar-refractivity contribution is 7.08. The molecule has 2 aromatic rings. The molecule has 1 aromatic carbocycles. The molecule has 1 saturated heterocycles. The predicted molar refractivity (Wildman–Crippen MR) is 89.7 cm³/mol. The second kappa shape index (κ2) is 7.59. The third kappa shape index (κ3) is 3.72. The smallest absolute Gasteiger partial charge is 0.197 e. The van der Waals surface area contributed by atoms with Crippen LogP contribution in [0.4, 0.5) is 5.69 Å². The van der Waals surface area contributed by atoms with Crippen LogP contribution in [-0.2, 0) is 9.47 Å². The summed E-state index contributed by atoms with van der Waals surface area (Å²) in [6, 6.07) is 7.52. The molecule has 0 radical (unpaired) electrons. The Bertz CT molecular complexity index is 651. The molecule has 5 nitrogen and oxygen atoms in total. The monoisotopic (exact) mass is 333 g/mol. The molecule has 1 aliphatic rings. The van der Waals surface area contributed by atoms with Crippen LogP contribution in [-0.4, -0.2) is 46.0 Å². The second-order valence-corrected chi connectivity index (χ2v) is 5.95. The zero-order chi connectivity index (χ0) is 16.1. The topological polar surface area (TPSA) is 48.0 Å². The molecule has 0 atom stereocenters. The molecule has 1 aliphatic heterocycles. The van der Waals surface area contributed by atoms with Gasteiger partial charge in [0.15, 0.2) is 12.6 Å². The summed E-state index contributed by atoms with van der Waals surface area (Å²) >= 11 is 1.50. The van der Waals surface area contributed by atoms with Crippen molar-refractivity contribution in [2.24, 2.45) is 0 Å². The quantitative estimate of drug-likeness (QED) is 0.601. The number of hydrogen-bond acceptors (Lipinski definition) is 6. The van der Waals surface area contributed by atoms with Gasteiger partial charge >= 0.3 is 0 Å². The van der Waals surface area contributed by atoms with Crippen LogP contribution in [0.3, 0.4) is 0 Å². The van der Waals surface area contributed by atoms with Crippen LogP contribution < -0.4 is 9.64 Å². The maximum Gasteiger partial charge on any atom is 0.197 e. The molecule has 122 valence electrons. The molecule has 2 heterocycles. The Morgan fingerprint density at radius 2 is 2.13 bits per heavy atom. The van der Waals surface area contributed by atoms with Gasteiger partial charge in [0.25, 0.3) is 0 Å². The highest BCUT2D eigenvalue weighted by atomic mass is 32.1. The lowest BCUT2D eigenvalue weighted by molar-refractivity contribution is 0.0503. The molecule has 0 unspecified atom stereocenters. The van der Waals surface area contributed by atoms with Gasteiger partial charge in [-0.25, -0.2) is 0 Å². The zero-order valence-electron chi connectivity index (χ0n) is 13.0. The lowest BCUT2D eigenvalue weighted by Gasteiger charge is -2.29. The van der Waals surface area contributed by atoms with Crippen LogP contribution in [0.25, 0.3) is 0 Å². The van der Waals surface area contributed by atoms with Gasteiger partial charge in [-0.3, -0.25) is 4.79 Å². The molecule has 1 fully saturated rings. The molecule has 0 spiro atoms. The summed E-state index contributed by atoms with van der Waals surface area (Å²) in [6.07, 6.45) is 0. The normalized spacial score (nSPS) is 14.7. The SMILES string of the molecule is COCOc1cc(N2CCOCC2)ccc1C(=O)c1ccsc1. The fourth-order valence-electron chi connectivity index (χ4n) is 2.51. The number of anilines is 1. The molecule has 6 heteroatoms. The molecule has 23 heavy (non-hydrogen) atoms. The Kier molecular flexibility index (Phi) is 5.27. The number of benzene rings is 1. The maximum absolute atomic E-state index is 12.6. The molecule has 3 rings (SSSR count). The van der Waals surface area contributed by atoms with Crippen molar-refractivity contribution in [3.63, 3.8) is 0 Å². The molecule has 0 saturated carbocycles. The van der Waals surface area contributed by atoms with E-state index in [4.69, 9.17) is 14.2 Å². The number of rotatable bonds is 6. The van der Waals surface area contributed by atoms with Crippen molar-refractivity contribution in [3.05, 3.63) is 46.2 Å². The number of carbonyl (C=O) groups is 1. The highest BCUT2D eigenvalue weighted by Crippen LogP contribution is 2.29. The van der Waals surface area contributed by atoms with E-state index < -0.39 is 0 Å². The first kappa shape index (κ1) is 16.0. The Morgan fingerprint density at radius 1 is 1.30 bits per heavy atom. The van der Waals surface area contributed by atoms with Gasteiger partial charge in [-0.2, -0.15) is 11.3 Å². The van der Waals surface area contributed by atoms with E-state index in [0.29, 0.717) is 30.1 Å². The Labute approximate surface area is 139 Å². The summed E-state index contributed by atoms with van der Waals surface area (Å²) in [7, 11) is 1.56. The van der Waals surface area contributed by atoms with Crippen LogP contribution in [0.2, 0.25) is 0 Å². The summed E-state index contributed by atoms with van der Waals surface area (Å²) in [5.41, 5.74) is 2.26. The van der Waals surface area contributed by atoms with Gasteiger partial charge in [0.1, 0.15) is 5.75 Å². The van der Waals surface area contributed by atoms with Gasteiger partial charge in [0.2, 0.25) is 0 Å². The fourth-order valence-corrected chi connectivity index (χ4v) is 3.14. The van der Waals surface area contributed by atoms with Crippen LogP contribution >= 0.6 is 11.3 Å². The number of methoxy groups -OCH3 is 1. The number of ketones is 1. The lowest BCUT2D eigenvalue weighted by atomic mass is 10.0. The number of thiophene rings is 1. The Balaban J connectivity index is 1.90. The van der Waals surface area contributed by atoms with Crippen molar-refractivity contribution in [1.29, 1.82) is 0 Å². The van der Waals surface area contributed by atoms with Crippen molar-refractivity contribution in [2.45, 2.75) is 0 Å². The molecule has 0 N–H and O–H groups in total. The van der Waals surface area contributed by atoms with Gasteiger partial charge < -0.3 is 19.1 Å². The number of hydrogen-bond donors (Lipinski definition) is 0. The van der Waals surface area contributed by atoms with E-state index in [1.165, 1.54) is 11.3 Å². The average molecular weight is 333 g/mol. The van der Waals surface area contributed by atoms with Crippen molar-refractivity contribution in [3.8, 4) is 5.75 Å². The standard InChI is InChI=1S/C17H19NO4S/c1-20-12-22-16-10-14(18-5-7-21-8-6-18)2-3-15(16)17(19)13-4-9-23-11-13/h2-4,9-11H,5-8,12H2,1H3. The Hall–Kier alpha value is -1.89. The van der Waals surface area contributed by atoms with Gasteiger partial charge in [-0.05, 0) is 23.6 Å². The van der Waals surface area contributed by atoms with Gasteiger partial charge in [0, 0.05) is 42.9 Å². The van der Waals surface area contributed by atoms with E-state index in [2.05, 4.69) is 4.90 Å². The third-order valence-electron chi connectivity index (χ3n) is 3.70. The lowest BCUT2D eigenvalue weighted by Crippen LogP contribution is -2.36. The van der Waals surface area contributed by atoms with Crippen molar-refractivity contribution in [2.75, 3.05) is 45.1 Å². The number of ether oxygens (including phenoxy) is 3. The molecule has 1 aromatic heterocycles. The van der Waals surface area contributed by atoms with Crippen LogP contribution in [0.1, 0.15) is 15.9 Å². The minimum Gasteiger partial charge on any atom is -0.467 e. The molecular weight excluding hydrogens is 314 g/mol. The first-order chi connectivity index (χ1) is 11.3. The summed E-state index contributed by atoms with van der Waals surface area (Å²) in [5.74, 6) is 0.512. The summed E-state index contributed by atoms with van der Waals surface area (Å²) < 4.78 is 16.0. The predicted octanol–water partition coefficient (Wildman–Crippen LogP) is 2.80. The van der Waals surface area contributed by atoms with Gasteiger partial charge in [0.05, 0.1) is 18.8 Å². The largest absolute Gasteiger partial charge is 0.467 e. The number of morpholine rings is 1. The first-order valence-corrected chi connectivity index (χ1v) is 8.39. The second-order valence-electron chi connectivity index (χ2n) is 5.17. The minimum absolute atomic E-state index is 0.0362. The van der Waals surface area contributed by atoms with E-state index in [1.807, 2.05) is 35.0 Å². The molecule has 0 amide bonds. The zero-order valence-corrected chi connectivity index (χ0v) is 13.8. The highest BCUT2D eigenvalue weighted by Gasteiger charge is 2.18. The van der Waals surface area contributed by atoms with E-state index in [9.17, 15) is 4.79 Å². The van der Waals surface area contributed by atoms with Crippen molar-refractivity contribution >= 4 is 22.8 Å². The van der Waals surface area contributed by atoms with Gasteiger partial charge in [-0.15, -0.1) is 0 Å². The number of nitrogens with zero attached hydrogens (tertiary/aromatic N) is 1. The average Bonchev–Trinajstić information content (AvgIpc) is 3.14. The summed E-state index contributed by atoms with van der Waals surface area (Å²) in [6.45, 7) is 3.20. The Morgan fingerprint density at radius 3 is 2.83 bits per heavy atom. The molecule has 0 bridgehead atoms. The molecular formula is C17H19NO4S. The van der Waals surface area contributed by atoms with Crippen LogP contribution in [0.15, 0.2) is 35.0 Å². The molecule has 0 aliphatic carbocycles.